The minimum atomic E-state index is -0.0944. The molecule has 1 saturated carbocycles. The van der Waals surface area contributed by atoms with Crippen molar-refractivity contribution >= 4 is 17.7 Å². The van der Waals surface area contributed by atoms with Crippen LogP contribution in [0.25, 0.3) is 0 Å². The van der Waals surface area contributed by atoms with Gasteiger partial charge in [0.2, 0.25) is 5.91 Å². The topological polar surface area (TPSA) is 20.3 Å². The van der Waals surface area contributed by atoms with E-state index in [4.69, 9.17) is 0 Å². The summed E-state index contributed by atoms with van der Waals surface area (Å²) >= 11 is 1.96. The van der Waals surface area contributed by atoms with Gasteiger partial charge in [0.05, 0.1) is 0 Å². The Morgan fingerprint density at radius 3 is 2.84 bits per heavy atom. The highest BCUT2D eigenvalue weighted by Crippen LogP contribution is 2.69. The van der Waals surface area contributed by atoms with Gasteiger partial charge in [0.15, 0.2) is 0 Å². The molecule has 100 valence electrons. The van der Waals surface area contributed by atoms with Gasteiger partial charge in [-0.15, -0.1) is 11.8 Å². The lowest BCUT2D eigenvalue weighted by atomic mass is 9.71. The lowest BCUT2D eigenvalue weighted by Crippen LogP contribution is -2.52. The fourth-order valence-electron chi connectivity index (χ4n) is 4.34. The summed E-state index contributed by atoms with van der Waals surface area (Å²) in [7, 11) is 2.00. The molecule has 0 unspecified atom stereocenters. The number of fused-ring (bicyclic) bond motifs is 1. The standard InChI is InChI=1S/C16H19NOS/c1-17-14(18)15-10-6-5-9-13(15)11-16(17,19-15)12-7-3-2-4-8-12/h2-4,7-8,13H,5-6,9-11H2,1H3/t13-,15-,16+/m1/s1. The van der Waals surface area contributed by atoms with E-state index >= 15 is 0 Å². The van der Waals surface area contributed by atoms with Crippen molar-refractivity contribution in [3.8, 4) is 0 Å². The molecule has 2 aliphatic heterocycles. The number of benzene rings is 1. The molecule has 19 heavy (non-hydrogen) atoms. The van der Waals surface area contributed by atoms with Crippen molar-refractivity contribution < 1.29 is 4.79 Å². The van der Waals surface area contributed by atoms with Crippen molar-refractivity contribution in [2.45, 2.75) is 41.7 Å². The SMILES string of the molecule is CN1C(=O)[C@@]23CCCC[C@@H]2C[C@@]1(c1ccccc1)S3. The molecule has 2 nitrogen and oxygen atoms in total. The second kappa shape index (κ2) is 3.78. The van der Waals surface area contributed by atoms with Gasteiger partial charge in [-0.05, 0) is 30.7 Å². The van der Waals surface area contributed by atoms with Crippen LogP contribution in [0.3, 0.4) is 0 Å². The molecule has 1 aromatic rings. The summed E-state index contributed by atoms with van der Waals surface area (Å²) < 4.78 is -0.0944. The first-order chi connectivity index (χ1) is 9.19. The van der Waals surface area contributed by atoms with Crippen molar-refractivity contribution in [1.29, 1.82) is 0 Å². The second-order valence-electron chi connectivity index (χ2n) is 6.15. The molecule has 1 amide bonds. The number of carbonyl (C=O) groups excluding carboxylic acids is 1. The second-order valence-corrected chi connectivity index (χ2v) is 7.76. The number of hydrogen-bond acceptors (Lipinski definition) is 2. The van der Waals surface area contributed by atoms with E-state index in [-0.39, 0.29) is 9.62 Å². The molecule has 0 aromatic heterocycles. The molecule has 3 atom stereocenters. The van der Waals surface area contributed by atoms with Crippen LogP contribution in [0.15, 0.2) is 30.3 Å². The summed E-state index contributed by atoms with van der Waals surface area (Å²) in [6, 6.07) is 10.6. The number of thioether (sulfide) groups is 1. The summed E-state index contributed by atoms with van der Waals surface area (Å²) in [5.41, 5.74) is 1.31. The Hall–Kier alpha value is -0.960. The van der Waals surface area contributed by atoms with Gasteiger partial charge in [-0.3, -0.25) is 4.79 Å². The Morgan fingerprint density at radius 1 is 1.26 bits per heavy atom. The Labute approximate surface area is 118 Å². The summed E-state index contributed by atoms with van der Waals surface area (Å²) in [6.45, 7) is 0. The number of carbonyl (C=O) groups is 1. The maximum atomic E-state index is 12.8. The van der Waals surface area contributed by atoms with E-state index in [1.54, 1.807) is 0 Å². The normalized spacial score (nSPS) is 40.6. The maximum absolute atomic E-state index is 12.8. The summed E-state index contributed by atoms with van der Waals surface area (Å²) in [6.07, 6.45) is 5.98. The molecule has 4 rings (SSSR count). The number of rotatable bonds is 1. The lowest BCUT2D eigenvalue weighted by Gasteiger charge is -2.41. The van der Waals surface area contributed by atoms with Crippen LogP contribution in [0.4, 0.5) is 0 Å². The van der Waals surface area contributed by atoms with Crippen molar-refractivity contribution in [2.75, 3.05) is 7.05 Å². The number of likely N-dealkylation sites (tertiary alicyclic amines) is 1. The fraction of sp³-hybridized carbons (Fsp3) is 0.562. The monoisotopic (exact) mass is 273 g/mol. The first kappa shape index (κ1) is 11.8. The van der Waals surface area contributed by atoms with Gasteiger partial charge in [0.1, 0.15) is 9.62 Å². The zero-order chi connectivity index (χ0) is 13.1. The van der Waals surface area contributed by atoms with E-state index in [1.165, 1.54) is 24.8 Å². The summed E-state index contributed by atoms with van der Waals surface area (Å²) in [5, 5.41) is 0. The van der Waals surface area contributed by atoms with Gasteiger partial charge in [0, 0.05) is 7.05 Å². The van der Waals surface area contributed by atoms with E-state index in [2.05, 4.69) is 30.3 Å². The molecule has 2 heterocycles. The average molecular weight is 273 g/mol. The Morgan fingerprint density at radius 2 is 2.05 bits per heavy atom. The molecule has 3 heteroatoms. The molecular weight excluding hydrogens is 254 g/mol. The van der Waals surface area contributed by atoms with Crippen molar-refractivity contribution in [3.05, 3.63) is 35.9 Å². The predicted molar refractivity (Wildman–Crippen MR) is 77.8 cm³/mol. The van der Waals surface area contributed by atoms with E-state index in [0.29, 0.717) is 11.8 Å². The van der Waals surface area contributed by atoms with E-state index in [1.807, 2.05) is 23.7 Å². The fourth-order valence-corrected chi connectivity index (χ4v) is 6.54. The quantitative estimate of drug-likeness (QED) is 0.782. The van der Waals surface area contributed by atoms with Crippen LogP contribution in [-0.4, -0.2) is 22.6 Å². The molecule has 1 aliphatic carbocycles. The maximum Gasteiger partial charge on any atom is 0.240 e. The van der Waals surface area contributed by atoms with Crippen LogP contribution in [0.5, 0.6) is 0 Å². The van der Waals surface area contributed by atoms with Gasteiger partial charge >= 0.3 is 0 Å². The predicted octanol–water partition coefficient (Wildman–Crippen LogP) is 3.38. The van der Waals surface area contributed by atoms with Crippen molar-refractivity contribution in [1.82, 2.24) is 4.90 Å². The Balaban J connectivity index is 1.84. The highest BCUT2D eigenvalue weighted by Gasteiger charge is 2.69. The minimum absolute atomic E-state index is 0.0899. The first-order valence-corrected chi connectivity index (χ1v) is 8.05. The Kier molecular flexibility index (Phi) is 2.36. The molecule has 0 radical (unpaired) electrons. The number of piperidine rings is 1. The van der Waals surface area contributed by atoms with E-state index < -0.39 is 0 Å². The molecule has 3 aliphatic rings. The number of amides is 1. The van der Waals surface area contributed by atoms with Crippen LogP contribution in [0.1, 0.15) is 37.7 Å². The summed E-state index contributed by atoms with van der Waals surface area (Å²) in [5.74, 6) is 0.979. The highest BCUT2D eigenvalue weighted by molar-refractivity contribution is 8.03. The van der Waals surface area contributed by atoms with Crippen LogP contribution >= 0.6 is 11.8 Å². The largest absolute Gasteiger partial charge is 0.326 e. The zero-order valence-corrected chi connectivity index (χ0v) is 12.1. The van der Waals surface area contributed by atoms with Crippen molar-refractivity contribution in [2.24, 2.45) is 5.92 Å². The average Bonchev–Trinajstić information content (AvgIpc) is 2.92. The molecule has 1 spiro atoms. The molecule has 2 bridgehead atoms. The van der Waals surface area contributed by atoms with Gasteiger partial charge in [-0.1, -0.05) is 43.2 Å². The third-order valence-corrected chi connectivity index (χ3v) is 7.41. The number of hydrogen-bond donors (Lipinski definition) is 0. The lowest BCUT2D eigenvalue weighted by molar-refractivity contribution is -0.140. The zero-order valence-electron chi connectivity index (χ0n) is 11.3. The molecule has 0 N–H and O–H groups in total. The van der Waals surface area contributed by atoms with Crippen LogP contribution in [0, 0.1) is 5.92 Å². The van der Waals surface area contributed by atoms with E-state index in [0.717, 1.165) is 12.8 Å². The van der Waals surface area contributed by atoms with Gasteiger partial charge < -0.3 is 4.90 Å². The van der Waals surface area contributed by atoms with Gasteiger partial charge in [-0.2, -0.15) is 0 Å². The molecule has 1 aromatic carbocycles. The van der Waals surface area contributed by atoms with E-state index in [9.17, 15) is 4.79 Å². The van der Waals surface area contributed by atoms with Gasteiger partial charge in [0.25, 0.3) is 0 Å². The molecule has 2 saturated heterocycles. The first-order valence-electron chi connectivity index (χ1n) is 7.23. The summed E-state index contributed by atoms with van der Waals surface area (Å²) in [4.78, 5) is 14.8. The smallest absolute Gasteiger partial charge is 0.240 e. The number of nitrogens with zero attached hydrogens (tertiary/aromatic N) is 1. The third kappa shape index (κ3) is 1.32. The van der Waals surface area contributed by atoms with Crippen LogP contribution in [-0.2, 0) is 9.67 Å². The van der Waals surface area contributed by atoms with Crippen molar-refractivity contribution in [3.63, 3.8) is 0 Å². The Bertz CT molecular complexity index is 531. The third-order valence-electron chi connectivity index (χ3n) is 5.32. The highest BCUT2D eigenvalue weighted by atomic mass is 32.2. The van der Waals surface area contributed by atoms with Crippen LogP contribution < -0.4 is 0 Å². The molecule has 3 fully saturated rings. The van der Waals surface area contributed by atoms with Crippen LogP contribution in [0.2, 0.25) is 0 Å². The minimum Gasteiger partial charge on any atom is -0.326 e. The van der Waals surface area contributed by atoms with Gasteiger partial charge in [-0.25, -0.2) is 0 Å². The molecular formula is C16H19NOS.